The van der Waals surface area contributed by atoms with Gasteiger partial charge in [0.15, 0.2) is 0 Å². The number of amides is 1. The fourth-order valence-corrected chi connectivity index (χ4v) is 3.46. The van der Waals surface area contributed by atoms with Crippen molar-refractivity contribution in [1.29, 1.82) is 0 Å². The van der Waals surface area contributed by atoms with E-state index in [0.717, 1.165) is 23.4 Å². The van der Waals surface area contributed by atoms with Gasteiger partial charge in [0.1, 0.15) is 6.17 Å². The SMILES string of the molecule is CCCN1C(=O)c2ccc(Cl)cc2NC1c1ccc(-n2cccn2)cc1. The fraction of sp³-hybridized carbons (Fsp3) is 0.200. The molecule has 1 amide bonds. The number of carbonyl (C=O) groups is 1. The number of nitrogens with zero attached hydrogens (tertiary/aromatic N) is 3. The predicted octanol–water partition coefficient (Wildman–Crippen LogP) is 4.50. The molecule has 0 spiro atoms. The van der Waals surface area contributed by atoms with Crippen LogP contribution in [0.15, 0.2) is 60.9 Å². The number of rotatable bonds is 4. The van der Waals surface area contributed by atoms with Crippen LogP contribution in [0.5, 0.6) is 0 Å². The average Bonchev–Trinajstić information content (AvgIpc) is 3.19. The van der Waals surface area contributed by atoms with Crippen molar-refractivity contribution in [2.24, 2.45) is 0 Å². The van der Waals surface area contributed by atoms with Crippen molar-refractivity contribution in [3.8, 4) is 5.69 Å². The van der Waals surface area contributed by atoms with Gasteiger partial charge in [-0.2, -0.15) is 5.10 Å². The average molecular weight is 367 g/mol. The molecule has 4 rings (SSSR count). The van der Waals surface area contributed by atoms with Gasteiger partial charge in [-0.25, -0.2) is 4.68 Å². The Bertz CT molecular complexity index is 921. The number of benzene rings is 2. The summed E-state index contributed by atoms with van der Waals surface area (Å²) >= 11 is 6.12. The Kier molecular flexibility index (Phi) is 4.39. The van der Waals surface area contributed by atoms with Crippen LogP contribution >= 0.6 is 11.6 Å². The molecule has 0 saturated heterocycles. The summed E-state index contributed by atoms with van der Waals surface area (Å²) in [6, 6.07) is 15.3. The summed E-state index contributed by atoms with van der Waals surface area (Å²) in [5.74, 6) is 0.0263. The molecule has 0 aliphatic carbocycles. The summed E-state index contributed by atoms with van der Waals surface area (Å²) in [4.78, 5) is 14.9. The molecule has 2 aromatic carbocycles. The number of halogens is 1. The first kappa shape index (κ1) is 16.7. The van der Waals surface area contributed by atoms with Crippen LogP contribution < -0.4 is 5.32 Å². The summed E-state index contributed by atoms with van der Waals surface area (Å²) in [6.07, 6.45) is 4.32. The van der Waals surface area contributed by atoms with Crippen molar-refractivity contribution in [3.63, 3.8) is 0 Å². The maximum Gasteiger partial charge on any atom is 0.257 e. The van der Waals surface area contributed by atoms with Crippen molar-refractivity contribution >= 4 is 23.2 Å². The van der Waals surface area contributed by atoms with Crippen LogP contribution in [0, 0.1) is 0 Å². The van der Waals surface area contributed by atoms with Crippen LogP contribution in [0.4, 0.5) is 5.69 Å². The van der Waals surface area contributed by atoms with Crippen molar-refractivity contribution in [2.45, 2.75) is 19.5 Å². The zero-order valence-electron chi connectivity index (χ0n) is 14.4. The van der Waals surface area contributed by atoms with Gasteiger partial charge in [0.2, 0.25) is 0 Å². The standard InChI is InChI=1S/C20H19ClN4O/c1-2-11-24-19(23-18-13-15(21)6-9-17(18)20(24)26)14-4-7-16(8-5-14)25-12-3-10-22-25/h3-10,12-13,19,23H,2,11H2,1H3. The van der Waals surface area contributed by atoms with Crippen LogP contribution in [0.2, 0.25) is 5.02 Å². The molecule has 1 aliphatic rings. The van der Waals surface area contributed by atoms with Crippen molar-refractivity contribution < 1.29 is 4.79 Å². The van der Waals surface area contributed by atoms with Gasteiger partial charge in [-0.3, -0.25) is 4.79 Å². The number of fused-ring (bicyclic) bond motifs is 1. The van der Waals surface area contributed by atoms with E-state index in [1.807, 2.05) is 52.2 Å². The van der Waals surface area contributed by atoms with Crippen molar-refractivity contribution in [1.82, 2.24) is 14.7 Å². The molecule has 2 heterocycles. The maximum atomic E-state index is 13.0. The maximum absolute atomic E-state index is 13.0. The first-order valence-electron chi connectivity index (χ1n) is 8.64. The van der Waals surface area contributed by atoms with Gasteiger partial charge < -0.3 is 10.2 Å². The van der Waals surface area contributed by atoms with Gasteiger partial charge in [0, 0.05) is 24.0 Å². The molecule has 0 saturated carbocycles. The molecular weight excluding hydrogens is 348 g/mol. The Labute approximate surface area is 157 Å². The van der Waals surface area contributed by atoms with E-state index >= 15 is 0 Å². The molecule has 5 nitrogen and oxygen atoms in total. The van der Waals surface area contributed by atoms with Gasteiger partial charge in [-0.1, -0.05) is 30.7 Å². The van der Waals surface area contributed by atoms with Gasteiger partial charge in [0.05, 0.1) is 16.9 Å². The van der Waals surface area contributed by atoms with E-state index in [4.69, 9.17) is 11.6 Å². The molecule has 3 aromatic rings. The lowest BCUT2D eigenvalue weighted by Crippen LogP contribution is -2.43. The lowest BCUT2D eigenvalue weighted by atomic mass is 10.0. The summed E-state index contributed by atoms with van der Waals surface area (Å²) in [7, 11) is 0. The van der Waals surface area contributed by atoms with E-state index in [-0.39, 0.29) is 12.1 Å². The predicted molar refractivity (Wildman–Crippen MR) is 103 cm³/mol. The normalized spacial score (nSPS) is 16.3. The van der Waals surface area contributed by atoms with Gasteiger partial charge in [-0.15, -0.1) is 0 Å². The molecule has 1 N–H and O–H groups in total. The van der Waals surface area contributed by atoms with Crippen LogP contribution in [0.3, 0.4) is 0 Å². The minimum absolute atomic E-state index is 0.0263. The second kappa shape index (κ2) is 6.84. The van der Waals surface area contributed by atoms with Gasteiger partial charge in [-0.05, 0) is 48.4 Å². The number of hydrogen-bond acceptors (Lipinski definition) is 3. The van der Waals surface area contributed by atoms with Gasteiger partial charge in [0.25, 0.3) is 5.91 Å². The lowest BCUT2D eigenvalue weighted by Gasteiger charge is -2.38. The molecule has 1 aromatic heterocycles. The fourth-order valence-electron chi connectivity index (χ4n) is 3.29. The Morgan fingerprint density at radius 3 is 2.69 bits per heavy atom. The zero-order chi connectivity index (χ0) is 18.1. The molecule has 26 heavy (non-hydrogen) atoms. The summed E-state index contributed by atoms with van der Waals surface area (Å²) in [5, 5.41) is 8.33. The van der Waals surface area contributed by atoms with E-state index in [9.17, 15) is 4.79 Å². The van der Waals surface area contributed by atoms with Crippen LogP contribution in [-0.4, -0.2) is 27.1 Å². The topological polar surface area (TPSA) is 50.2 Å². The Balaban J connectivity index is 1.70. The summed E-state index contributed by atoms with van der Waals surface area (Å²) < 4.78 is 1.81. The first-order chi connectivity index (χ1) is 12.7. The molecule has 132 valence electrons. The second-order valence-corrected chi connectivity index (χ2v) is 6.71. The van der Waals surface area contributed by atoms with Crippen LogP contribution in [0.1, 0.15) is 35.4 Å². The quantitative estimate of drug-likeness (QED) is 0.739. The Morgan fingerprint density at radius 2 is 2.00 bits per heavy atom. The van der Waals surface area contributed by atoms with Crippen molar-refractivity contribution in [3.05, 3.63) is 77.1 Å². The Morgan fingerprint density at radius 1 is 1.19 bits per heavy atom. The summed E-state index contributed by atoms with van der Waals surface area (Å²) in [5.41, 5.74) is 3.43. The van der Waals surface area contributed by atoms with Crippen LogP contribution in [-0.2, 0) is 0 Å². The summed E-state index contributed by atoms with van der Waals surface area (Å²) in [6.45, 7) is 2.75. The molecule has 0 bridgehead atoms. The molecular formula is C20H19ClN4O. The number of carbonyl (C=O) groups excluding carboxylic acids is 1. The van der Waals surface area contributed by atoms with E-state index in [1.165, 1.54) is 0 Å². The highest BCUT2D eigenvalue weighted by Crippen LogP contribution is 2.34. The number of hydrogen-bond donors (Lipinski definition) is 1. The van der Waals surface area contributed by atoms with Crippen molar-refractivity contribution in [2.75, 3.05) is 11.9 Å². The zero-order valence-corrected chi connectivity index (χ0v) is 15.1. The molecule has 0 radical (unpaired) electrons. The molecule has 1 unspecified atom stereocenters. The highest BCUT2D eigenvalue weighted by molar-refractivity contribution is 6.31. The largest absolute Gasteiger partial charge is 0.361 e. The highest BCUT2D eigenvalue weighted by atomic mass is 35.5. The minimum Gasteiger partial charge on any atom is -0.361 e. The second-order valence-electron chi connectivity index (χ2n) is 6.28. The van der Waals surface area contributed by atoms with Crippen LogP contribution in [0.25, 0.3) is 5.69 Å². The third-order valence-electron chi connectivity index (χ3n) is 4.52. The number of nitrogens with one attached hydrogen (secondary N) is 1. The van der Waals surface area contributed by atoms with Gasteiger partial charge >= 0.3 is 0 Å². The van der Waals surface area contributed by atoms with E-state index in [0.29, 0.717) is 17.1 Å². The number of aromatic nitrogens is 2. The molecule has 0 fully saturated rings. The number of anilines is 1. The Hall–Kier alpha value is -2.79. The smallest absolute Gasteiger partial charge is 0.257 e. The molecule has 1 atom stereocenters. The molecule has 1 aliphatic heterocycles. The third kappa shape index (κ3) is 2.95. The van der Waals surface area contributed by atoms with E-state index < -0.39 is 0 Å². The highest BCUT2D eigenvalue weighted by Gasteiger charge is 2.32. The minimum atomic E-state index is -0.222. The monoisotopic (exact) mass is 366 g/mol. The third-order valence-corrected chi connectivity index (χ3v) is 4.75. The van der Waals surface area contributed by atoms with E-state index in [2.05, 4.69) is 17.3 Å². The lowest BCUT2D eigenvalue weighted by molar-refractivity contribution is 0.0683. The van der Waals surface area contributed by atoms with E-state index in [1.54, 1.807) is 18.3 Å². The molecule has 6 heteroatoms. The first-order valence-corrected chi connectivity index (χ1v) is 9.02.